The first kappa shape index (κ1) is 13.4. The number of anilines is 1. The predicted molar refractivity (Wildman–Crippen MR) is 72.7 cm³/mol. The summed E-state index contributed by atoms with van der Waals surface area (Å²) in [5.41, 5.74) is 1.33. The van der Waals surface area contributed by atoms with Crippen LogP contribution in [-0.2, 0) is 6.42 Å². The van der Waals surface area contributed by atoms with Crippen molar-refractivity contribution < 1.29 is 25.6 Å². The molecule has 1 atom stereocenters. The number of nitrogens with zero attached hydrogens (tertiary/aromatic N) is 1. The highest BCUT2D eigenvalue weighted by molar-refractivity contribution is 5.63. The number of fused-ring (bicyclic) bond motifs is 1. The Morgan fingerprint density at radius 2 is 1.81 bits per heavy atom. The van der Waals surface area contributed by atoms with Gasteiger partial charge in [-0.2, -0.15) is 0 Å². The van der Waals surface area contributed by atoms with Crippen LogP contribution in [0, 0.1) is 0 Å². The zero-order chi connectivity index (χ0) is 15.1. The van der Waals surface area contributed by atoms with Gasteiger partial charge in [-0.3, -0.25) is 5.21 Å². The third kappa shape index (κ3) is 2.19. The van der Waals surface area contributed by atoms with Gasteiger partial charge >= 0.3 is 0 Å². The summed E-state index contributed by atoms with van der Waals surface area (Å²) in [5, 5.41) is 51.5. The summed E-state index contributed by atoms with van der Waals surface area (Å²) in [6.07, 6.45) is 0.936. The van der Waals surface area contributed by atoms with E-state index < -0.39 is 6.04 Å². The van der Waals surface area contributed by atoms with Crippen molar-refractivity contribution in [3.05, 3.63) is 41.5 Å². The highest BCUT2D eigenvalue weighted by Crippen LogP contribution is 2.43. The minimum atomic E-state index is -0.467. The van der Waals surface area contributed by atoms with Crippen molar-refractivity contribution >= 4 is 5.69 Å². The summed E-state index contributed by atoms with van der Waals surface area (Å²) >= 11 is 0. The molecular weight excluding hydrogens is 274 g/mol. The van der Waals surface area contributed by atoms with Gasteiger partial charge in [-0.05, 0) is 42.2 Å². The van der Waals surface area contributed by atoms with Gasteiger partial charge < -0.3 is 20.4 Å². The summed E-state index contributed by atoms with van der Waals surface area (Å²) in [6, 6.07) is 6.30. The summed E-state index contributed by atoms with van der Waals surface area (Å²) in [4.78, 5) is 0. The quantitative estimate of drug-likeness (QED) is 0.596. The molecule has 1 aliphatic heterocycles. The Morgan fingerprint density at radius 1 is 1.05 bits per heavy atom. The second-order valence-electron chi connectivity index (χ2n) is 5.09. The van der Waals surface area contributed by atoms with E-state index in [-0.39, 0.29) is 28.7 Å². The SMILES string of the molecule is [O-]c1cc(O)cc2c1CCC(c1ccc(O)c(O)c1)N2O. The number of aromatic hydroxyl groups is 3. The Labute approximate surface area is 120 Å². The van der Waals surface area contributed by atoms with E-state index in [0.29, 0.717) is 24.0 Å². The van der Waals surface area contributed by atoms with Gasteiger partial charge in [0.05, 0.1) is 11.7 Å². The smallest absolute Gasteiger partial charge is 0.157 e. The van der Waals surface area contributed by atoms with Crippen LogP contribution in [0.4, 0.5) is 5.69 Å². The topological polar surface area (TPSA) is 107 Å². The monoisotopic (exact) mass is 288 g/mol. The Kier molecular flexibility index (Phi) is 3.03. The fraction of sp³-hybridized carbons (Fsp3) is 0.200. The number of hydrogen-bond acceptors (Lipinski definition) is 6. The zero-order valence-electron chi connectivity index (χ0n) is 11.0. The van der Waals surface area contributed by atoms with E-state index in [1.54, 1.807) is 6.07 Å². The maximum Gasteiger partial charge on any atom is 0.157 e. The third-order valence-corrected chi connectivity index (χ3v) is 3.76. The second-order valence-corrected chi connectivity index (χ2v) is 5.09. The summed E-state index contributed by atoms with van der Waals surface area (Å²) in [5.74, 6) is -1.02. The van der Waals surface area contributed by atoms with Gasteiger partial charge in [0.25, 0.3) is 0 Å². The fourth-order valence-electron chi connectivity index (χ4n) is 2.70. The fourth-order valence-corrected chi connectivity index (χ4v) is 2.70. The highest BCUT2D eigenvalue weighted by Gasteiger charge is 2.28. The van der Waals surface area contributed by atoms with Gasteiger partial charge in [0.15, 0.2) is 11.5 Å². The molecule has 6 heteroatoms. The van der Waals surface area contributed by atoms with Crippen molar-refractivity contribution in [2.75, 3.05) is 5.06 Å². The molecule has 0 spiro atoms. The Morgan fingerprint density at radius 3 is 2.52 bits per heavy atom. The number of hydroxylamine groups is 1. The Bertz CT molecular complexity index is 701. The van der Waals surface area contributed by atoms with Crippen LogP contribution in [-0.4, -0.2) is 20.5 Å². The first-order chi connectivity index (χ1) is 9.97. The van der Waals surface area contributed by atoms with Gasteiger partial charge in [-0.25, -0.2) is 5.06 Å². The average molecular weight is 288 g/mol. The van der Waals surface area contributed by atoms with Crippen LogP contribution >= 0.6 is 0 Å². The van der Waals surface area contributed by atoms with E-state index in [4.69, 9.17) is 0 Å². The van der Waals surface area contributed by atoms with Crippen molar-refractivity contribution in [1.29, 1.82) is 0 Å². The zero-order valence-corrected chi connectivity index (χ0v) is 11.0. The molecule has 2 aromatic carbocycles. The lowest BCUT2D eigenvalue weighted by Crippen LogP contribution is -2.30. The number of phenolic OH excluding ortho intramolecular Hbond substituents is 3. The summed E-state index contributed by atoms with van der Waals surface area (Å²) in [6.45, 7) is 0. The molecule has 2 aromatic rings. The van der Waals surface area contributed by atoms with Crippen LogP contribution in [0.2, 0.25) is 0 Å². The lowest BCUT2D eigenvalue weighted by molar-refractivity contribution is -0.269. The molecular formula is C15H14NO5-. The van der Waals surface area contributed by atoms with Gasteiger partial charge in [-0.1, -0.05) is 11.8 Å². The molecule has 0 bridgehead atoms. The van der Waals surface area contributed by atoms with Crippen molar-refractivity contribution in [3.63, 3.8) is 0 Å². The molecule has 6 nitrogen and oxygen atoms in total. The van der Waals surface area contributed by atoms with Crippen molar-refractivity contribution in [3.8, 4) is 23.0 Å². The standard InChI is InChI=1S/C15H15NO5/c17-9-6-12-10(14(19)7-9)2-3-11(16(12)21)8-1-4-13(18)15(20)5-8/h1,4-7,11,17-21H,2-3H2/p-1. The Balaban J connectivity index is 2.02. The van der Waals surface area contributed by atoms with E-state index in [1.165, 1.54) is 18.2 Å². The Hall–Kier alpha value is -2.60. The highest BCUT2D eigenvalue weighted by atomic mass is 16.5. The van der Waals surface area contributed by atoms with Gasteiger partial charge in [-0.15, -0.1) is 0 Å². The first-order valence-electron chi connectivity index (χ1n) is 6.50. The van der Waals surface area contributed by atoms with Gasteiger partial charge in [0, 0.05) is 6.07 Å². The predicted octanol–water partition coefficient (Wildman–Crippen LogP) is 1.76. The average Bonchev–Trinajstić information content (AvgIpc) is 2.43. The van der Waals surface area contributed by atoms with E-state index in [9.17, 15) is 25.6 Å². The van der Waals surface area contributed by atoms with Crippen molar-refractivity contribution in [2.45, 2.75) is 18.9 Å². The van der Waals surface area contributed by atoms with Crippen LogP contribution < -0.4 is 10.2 Å². The van der Waals surface area contributed by atoms with E-state index in [2.05, 4.69) is 0 Å². The maximum atomic E-state index is 11.8. The van der Waals surface area contributed by atoms with Crippen LogP contribution in [0.1, 0.15) is 23.6 Å². The molecule has 3 rings (SSSR count). The summed E-state index contributed by atoms with van der Waals surface area (Å²) < 4.78 is 0. The molecule has 0 aromatic heterocycles. The number of phenols is 3. The van der Waals surface area contributed by atoms with E-state index >= 15 is 0 Å². The molecule has 0 radical (unpaired) electrons. The second kappa shape index (κ2) is 4.75. The molecule has 1 aliphatic rings. The van der Waals surface area contributed by atoms with Crippen LogP contribution in [0.5, 0.6) is 23.0 Å². The minimum Gasteiger partial charge on any atom is -0.872 e. The van der Waals surface area contributed by atoms with Crippen LogP contribution in [0.15, 0.2) is 30.3 Å². The first-order valence-corrected chi connectivity index (χ1v) is 6.50. The molecule has 110 valence electrons. The third-order valence-electron chi connectivity index (χ3n) is 3.76. The van der Waals surface area contributed by atoms with Crippen molar-refractivity contribution in [1.82, 2.24) is 0 Å². The van der Waals surface area contributed by atoms with Crippen LogP contribution in [0.3, 0.4) is 0 Å². The molecule has 0 fully saturated rings. The van der Waals surface area contributed by atoms with Gasteiger partial charge in [0.1, 0.15) is 5.75 Å². The largest absolute Gasteiger partial charge is 0.872 e. The van der Waals surface area contributed by atoms with E-state index in [0.717, 1.165) is 11.1 Å². The van der Waals surface area contributed by atoms with E-state index in [1.807, 2.05) is 0 Å². The van der Waals surface area contributed by atoms with Gasteiger partial charge in [0.2, 0.25) is 0 Å². The lowest BCUT2D eigenvalue weighted by Gasteiger charge is -2.36. The number of hydrogen-bond donors (Lipinski definition) is 4. The molecule has 1 heterocycles. The molecule has 4 N–H and O–H groups in total. The number of rotatable bonds is 1. The lowest BCUT2D eigenvalue weighted by atomic mass is 9.92. The molecule has 0 saturated heterocycles. The van der Waals surface area contributed by atoms with Crippen molar-refractivity contribution in [2.24, 2.45) is 0 Å². The molecule has 0 saturated carbocycles. The summed E-state index contributed by atoms with van der Waals surface area (Å²) in [7, 11) is 0. The minimum absolute atomic E-state index is 0.202. The normalized spacial score (nSPS) is 17.6. The van der Waals surface area contributed by atoms with Crippen LogP contribution in [0.25, 0.3) is 0 Å². The molecule has 0 aliphatic carbocycles. The molecule has 21 heavy (non-hydrogen) atoms. The molecule has 1 unspecified atom stereocenters. The maximum absolute atomic E-state index is 11.8. The number of benzene rings is 2. The molecule has 0 amide bonds.